The Morgan fingerprint density at radius 1 is 1.41 bits per heavy atom. The van der Waals surface area contributed by atoms with E-state index in [2.05, 4.69) is 18.7 Å². The van der Waals surface area contributed by atoms with Crippen LogP contribution in [0.2, 0.25) is 0 Å². The van der Waals surface area contributed by atoms with Gasteiger partial charge in [0.2, 0.25) is 0 Å². The van der Waals surface area contributed by atoms with Gasteiger partial charge in [0, 0.05) is 6.54 Å². The van der Waals surface area contributed by atoms with Crippen LogP contribution in [-0.2, 0) is 4.79 Å². The maximum absolute atomic E-state index is 11.7. The molecule has 0 aromatic heterocycles. The van der Waals surface area contributed by atoms with Crippen molar-refractivity contribution < 1.29 is 9.90 Å². The summed E-state index contributed by atoms with van der Waals surface area (Å²) >= 11 is 0. The monoisotopic (exact) mass is 242 g/mol. The molecule has 0 spiro atoms. The minimum absolute atomic E-state index is 0.474. The van der Waals surface area contributed by atoms with Gasteiger partial charge in [0.05, 0.1) is 0 Å². The zero-order valence-corrected chi connectivity index (χ0v) is 11.1. The van der Waals surface area contributed by atoms with E-state index in [-0.39, 0.29) is 0 Å². The van der Waals surface area contributed by atoms with Crippen molar-refractivity contribution in [3.8, 4) is 0 Å². The van der Waals surface area contributed by atoms with Crippen molar-refractivity contribution in [2.75, 3.05) is 19.6 Å². The Morgan fingerprint density at radius 3 is 2.35 bits per heavy atom. The molecule has 0 aromatic carbocycles. The van der Waals surface area contributed by atoms with Gasteiger partial charge < -0.3 is 10.8 Å². The molecule has 0 bridgehead atoms. The van der Waals surface area contributed by atoms with E-state index in [0.29, 0.717) is 12.5 Å². The van der Waals surface area contributed by atoms with E-state index in [1.54, 1.807) is 0 Å². The largest absolute Gasteiger partial charge is 0.480 e. The Hall–Kier alpha value is -0.610. The third kappa shape index (κ3) is 2.99. The Morgan fingerprint density at radius 2 is 2.00 bits per heavy atom. The molecule has 0 radical (unpaired) electrons. The molecule has 17 heavy (non-hydrogen) atoms. The second-order valence-corrected chi connectivity index (χ2v) is 5.17. The first-order chi connectivity index (χ1) is 8.10. The SMILES string of the molecule is CCCC(CCC)(C(=O)O)N1CCC(CN)C1. The predicted octanol–water partition coefficient (Wildman–Crippen LogP) is 1.69. The van der Waals surface area contributed by atoms with Crippen LogP contribution in [0.3, 0.4) is 0 Å². The summed E-state index contributed by atoms with van der Waals surface area (Å²) in [6, 6.07) is 0. The second kappa shape index (κ2) is 6.36. The Kier molecular flexibility index (Phi) is 5.40. The van der Waals surface area contributed by atoms with Crippen molar-refractivity contribution in [2.24, 2.45) is 11.7 Å². The lowest BCUT2D eigenvalue weighted by Gasteiger charge is -2.38. The molecule has 0 saturated carbocycles. The quantitative estimate of drug-likeness (QED) is 0.713. The number of carboxylic acid groups (broad SMARTS) is 1. The molecule has 0 amide bonds. The average molecular weight is 242 g/mol. The summed E-state index contributed by atoms with van der Waals surface area (Å²) < 4.78 is 0. The summed E-state index contributed by atoms with van der Waals surface area (Å²) in [5, 5.41) is 9.63. The lowest BCUT2D eigenvalue weighted by atomic mass is 9.87. The first kappa shape index (κ1) is 14.5. The van der Waals surface area contributed by atoms with E-state index >= 15 is 0 Å². The summed E-state index contributed by atoms with van der Waals surface area (Å²) in [5.41, 5.74) is 5.04. The Bertz CT molecular complexity index is 250. The number of carbonyl (C=O) groups is 1. The van der Waals surface area contributed by atoms with Gasteiger partial charge in [0.25, 0.3) is 0 Å². The van der Waals surface area contributed by atoms with E-state index in [4.69, 9.17) is 5.73 Å². The first-order valence-electron chi connectivity index (χ1n) is 6.79. The maximum Gasteiger partial charge on any atom is 0.324 e. The van der Waals surface area contributed by atoms with Crippen molar-refractivity contribution in [3.63, 3.8) is 0 Å². The van der Waals surface area contributed by atoms with Crippen LogP contribution < -0.4 is 5.73 Å². The molecule has 1 saturated heterocycles. The standard InChI is InChI=1S/C13H26N2O2/c1-3-6-13(7-4-2,12(16)17)15-8-5-11(9-14)10-15/h11H,3-10,14H2,1-2H3,(H,16,17). The van der Waals surface area contributed by atoms with Crippen LogP contribution in [0.5, 0.6) is 0 Å². The lowest BCUT2D eigenvalue weighted by Crippen LogP contribution is -2.53. The first-order valence-corrected chi connectivity index (χ1v) is 6.79. The van der Waals surface area contributed by atoms with Crippen LogP contribution in [0, 0.1) is 5.92 Å². The summed E-state index contributed by atoms with van der Waals surface area (Å²) in [6.07, 6.45) is 4.35. The van der Waals surface area contributed by atoms with Gasteiger partial charge in [0.1, 0.15) is 5.54 Å². The molecule has 4 heteroatoms. The molecular formula is C13H26N2O2. The van der Waals surface area contributed by atoms with Crippen molar-refractivity contribution in [1.82, 2.24) is 4.90 Å². The fourth-order valence-corrected chi connectivity index (χ4v) is 3.03. The highest BCUT2D eigenvalue weighted by molar-refractivity contribution is 5.78. The fourth-order valence-electron chi connectivity index (χ4n) is 3.03. The molecule has 1 fully saturated rings. The third-order valence-corrected chi connectivity index (χ3v) is 3.95. The van der Waals surface area contributed by atoms with Crippen LogP contribution in [-0.4, -0.2) is 41.1 Å². The summed E-state index contributed by atoms with van der Waals surface area (Å²) in [5.74, 6) is -0.179. The molecular weight excluding hydrogens is 216 g/mol. The van der Waals surface area contributed by atoms with Gasteiger partial charge in [-0.05, 0) is 38.3 Å². The summed E-state index contributed by atoms with van der Waals surface area (Å²) in [6.45, 7) is 6.52. The van der Waals surface area contributed by atoms with Gasteiger partial charge in [-0.15, -0.1) is 0 Å². The molecule has 0 aliphatic carbocycles. The molecule has 0 aromatic rings. The fraction of sp³-hybridized carbons (Fsp3) is 0.923. The van der Waals surface area contributed by atoms with E-state index in [0.717, 1.165) is 45.2 Å². The molecule has 1 atom stereocenters. The molecule has 1 aliphatic rings. The van der Waals surface area contributed by atoms with Crippen molar-refractivity contribution in [2.45, 2.75) is 51.5 Å². The highest BCUT2D eigenvalue weighted by Crippen LogP contribution is 2.32. The predicted molar refractivity (Wildman–Crippen MR) is 68.9 cm³/mol. The smallest absolute Gasteiger partial charge is 0.324 e. The topological polar surface area (TPSA) is 66.6 Å². The lowest BCUT2D eigenvalue weighted by molar-refractivity contribution is -0.152. The molecule has 3 N–H and O–H groups in total. The van der Waals surface area contributed by atoms with E-state index in [1.165, 1.54) is 0 Å². The Balaban J connectivity index is 2.84. The van der Waals surface area contributed by atoms with E-state index in [9.17, 15) is 9.90 Å². The average Bonchev–Trinajstić information content (AvgIpc) is 2.77. The van der Waals surface area contributed by atoms with Crippen LogP contribution in [0.15, 0.2) is 0 Å². The number of nitrogens with two attached hydrogens (primary N) is 1. The Labute approximate surface area is 104 Å². The minimum Gasteiger partial charge on any atom is -0.480 e. The number of rotatable bonds is 7. The summed E-state index contributed by atoms with van der Waals surface area (Å²) in [4.78, 5) is 13.9. The van der Waals surface area contributed by atoms with Gasteiger partial charge in [-0.3, -0.25) is 9.69 Å². The number of hydrogen-bond donors (Lipinski definition) is 2. The number of carboxylic acids is 1. The van der Waals surface area contributed by atoms with E-state index in [1.807, 2.05) is 0 Å². The molecule has 1 heterocycles. The van der Waals surface area contributed by atoms with Gasteiger partial charge in [-0.2, -0.15) is 0 Å². The second-order valence-electron chi connectivity index (χ2n) is 5.17. The van der Waals surface area contributed by atoms with Crippen molar-refractivity contribution in [1.29, 1.82) is 0 Å². The van der Waals surface area contributed by atoms with Crippen LogP contribution in [0.4, 0.5) is 0 Å². The van der Waals surface area contributed by atoms with Gasteiger partial charge in [-0.25, -0.2) is 0 Å². The molecule has 100 valence electrons. The van der Waals surface area contributed by atoms with E-state index < -0.39 is 11.5 Å². The zero-order chi connectivity index (χ0) is 12.9. The van der Waals surface area contributed by atoms with Crippen molar-refractivity contribution >= 4 is 5.97 Å². The van der Waals surface area contributed by atoms with Crippen molar-refractivity contribution in [3.05, 3.63) is 0 Å². The summed E-state index contributed by atoms with van der Waals surface area (Å²) in [7, 11) is 0. The van der Waals surface area contributed by atoms with Crippen LogP contribution in [0.25, 0.3) is 0 Å². The molecule has 1 rings (SSSR count). The minimum atomic E-state index is -0.654. The highest BCUT2D eigenvalue weighted by Gasteiger charge is 2.45. The molecule has 4 nitrogen and oxygen atoms in total. The van der Waals surface area contributed by atoms with Gasteiger partial charge in [0.15, 0.2) is 0 Å². The highest BCUT2D eigenvalue weighted by atomic mass is 16.4. The molecule has 1 aliphatic heterocycles. The van der Waals surface area contributed by atoms with Crippen LogP contribution in [0.1, 0.15) is 46.0 Å². The number of aliphatic carboxylic acids is 1. The maximum atomic E-state index is 11.7. The number of likely N-dealkylation sites (tertiary alicyclic amines) is 1. The van der Waals surface area contributed by atoms with Gasteiger partial charge in [-0.1, -0.05) is 26.7 Å². The normalized spacial score (nSPS) is 21.9. The molecule has 1 unspecified atom stereocenters. The number of hydrogen-bond acceptors (Lipinski definition) is 3. The van der Waals surface area contributed by atoms with Gasteiger partial charge >= 0.3 is 5.97 Å². The third-order valence-electron chi connectivity index (χ3n) is 3.95. The zero-order valence-electron chi connectivity index (χ0n) is 11.1. The van der Waals surface area contributed by atoms with Crippen LogP contribution >= 0.6 is 0 Å². The number of nitrogens with zero attached hydrogens (tertiary/aromatic N) is 1.